The standard InChI is InChI=1S/C26H29B2FN4O10/c1-30-23(38)25(40,26(41,42)24(28,39)12-34)33-11-15-16(22(33)37)20(35)21(36)17(27)19(15)31-9-13-3-2-4-14(18(13)29)10-32-5-7-43-8-6-32/h2-4,12,31,35-36,39-42H,5-11H2,1H3,(H,30,38). The Labute approximate surface area is 247 Å². The molecule has 8 N–H and O–H groups in total. The molecule has 0 bridgehead atoms. The Morgan fingerprint density at radius 3 is 2.37 bits per heavy atom. The number of halogens is 1. The summed E-state index contributed by atoms with van der Waals surface area (Å²) in [5, 5.41) is 68.4. The SMILES string of the molecule is [B]c1c(O)c(O)c2c(c1NCc1cccc(CN3CCOCC3)c1F)CN(C(O)(C(=O)NC)C(O)(O)C([B])(O)C=O)C2=O. The Hall–Kier alpha value is -3.73. The third kappa shape index (κ3) is 5.21. The highest BCUT2D eigenvalue weighted by molar-refractivity contribution is 6.39. The summed E-state index contributed by atoms with van der Waals surface area (Å²) in [7, 11) is 12.2. The number of nitrogens with zero attached hydrogens (tertiary/aromatic N) is 2. The van der Waals surface area contributed by atoms with Crippen LogP contribution in [0.5, 0.6) is 11.5 Å². The summed E-state index contributed by atoms with van der Waals surface area (Å²) < 4.78 is 20.8. The van der Waals surface area contributed by atoms with Crippen molar-refractivity contribution < 1.29 is 54.2 Å². The lowest BCUT2D eigenvalue weighted by atomic mass is 9.70. The van der Waals surface area contributed by atoms with E-state index in [1.807, 2.05) is 10.2 Å². The van der Waals surface area contributed by atoms with Crippen LogP contribution in [0.25, 0.3) is 0 Å². The number of fused-ring (bicyclic) bond motifs is 1. The molecule has 2 aromatic rings. The Bertz CT molecular complexity index is 1450. The van der Waals surface area contributed by atoms with E-state index in [1.54, 1.807) is 12.1 Å². The number of morpholine rings is 1. The van der Waals surface area contributed by atoms with Crippen molar-refractivity contribution in [2.45, 2.75) is 36.6 Å². The van der Waals surface area contributed by atoms with Gasteiger partial charge in [-0.25, -0.2) is 4.39 Å². The first-order valence-electron chi connectivity index (χ1n) is 13.0. The van der Waals surface area contributed by atoms with Gasteiger partial charge in [0.2, 0.25) is 5.79 Å². The number of carbonyl (C=O) groups is 3. The number of hydrogen-bond donors (Lipinski definition) is 8. The lowest BCUT2D eigenvalue weighted by Crippen LogP contribution is -2.79. The number of aldehydes is 1. The van der Waals surface area contributed by atoms with Crippen molar-refractivity contribution in [3.05, 3.63) is 46.3 Å². The molecule has 1 saturated heterocycles. The van der Waals surface area contributed by atoms with Crippen molar-refractivity contribution in [2.75, 3.05) is 38.7 Å². The van der Waals surface area contributed by atoms with Gasteiger partial charge in [-0.15, -0.1) is 0 Å². The molecule has 2 heterocycles. The molecule has 0 aliphatic carbocycles. The molecule has 4 rings (SSSR count). The van der Waals surface area contributed by atoms with Gasteiger partial charge in [-0.05, 0) is 5.46 Å². The molecule has 17 heteroatoms. The van der Waals surface area contributed by atoms with Crippen LogP contribution in [0, 0.1) is 5.82 Å². The molecular weight excluding hydrogens is 569 g/mol. The summed E-state index contributed by atoms with van der Waals surface area (Å²) in [5.74, 6) is -9.97. The Morgan fingerprint density at radius 1 is 1.14 bits per heavy atom. The molecule has 2 aromatic carbocycles. The van der Waals surface area contributed by atoms with E-state index in [1.165, 1.54) is 6.07 Å². The molecule has 2 amide bonds. The predicted octanol–water partition coefficient (Wildman–Crippen LogP) is -3.40. The lowest BCUT2D eigenvalue weighted by Gasteiger charge is -2.47. The summed E-state index contributed by atoms with van der Waals surface area (Å²) in [6.45, 7) is 1.46. The third-order valence-electron chi connectivity index (χ3n) is 7.63. The largest absolute Gasteiger partial charge is 0.505 e. The monoisotopic (exact) mass is 598 g/mol. The quantitative estimate of drug-likeness (QED) is 0.0443. The minimum atomic E-state index is -4.22. The van der Waals surface area contributed by atoms with Crippen LogP contribution in [0.15, 0.2) is 18.2 Å². The second-order valence-corrected chi connectivity index (χ2v) is 10.2. The number of anilines is 1. The van der Waals surface area contributed by atoms with Crippen LogP contribution in [0.1, 0.15) is 27.0 Å². The van der Waals surface area contributed by atoms with Crippen LogP contribution in [0.3, 0.4) is 0 Å². The van der Waals surface area contributed by atoms with Gasteiger partial charge in [0.05, 0.1) is 25.3 Å². The number of aliphatic hydroxyl groups is 4. The second kappa shape index (κ2) is 11.7. The Kier molecular flexibility index (Phi) is 8.79. The third-order valence-corrected chi connectivity index (χ3v) is 7.63. The van der Waals surface area contributed by atoms with Gasteiger partial charge in [-0.2, -0.15) is 0 Å². The van der Waals surface area contributed by atoms with Crippen LogP contribution in [0.2, 0.25) is 0 Å². The second-order valence-electron chi connectivity index (χ2n) is 10.2. The van der Waals surface area contributed by atoms with Crippen molar-refractivity contribution in [1.82, 2.24) is 15.1 Å². The van der Waals surface area contributed by atoms with Crippen molar-refractivity contribution in [2.24, 2.45) is 0 Å². The van der Waals surface area contributed by atoms with E-state index in [4.69, 9.17) is 20.4 Å². The molecule has 226 valence electrons. The van der Waals surface area contributed by atoms with E-state index >= 15 is 4.39 Å². The molecule has 2 unspecified atom stereocenters. The predicted molar refractivity (Wildman–Crippen MR) is 148 cm³/mol. The highest BCUT2D eigenvalue weighted by Gasteiger charge is 2.68. The number of aromatic hydroxyl groups is 2. The van der Waals surface area contributed by atoms with Crippen LogP contribution in [-0.2, 0) is 34.0 Å². The normalized spacial score (nSPS) is 18.5. The maximum absolute atomic E-state index is 15.5. The zero-order valence-corrected chi connectivity index (χ0v) is 23.0. The van der Waals surface area contributed by atoms with Gasteiger partial charge in [0.1, 0.15) is 33.3 Å². The zero-order valence-electron chi connectivity index (χ0n) is 23.0. The molecule has 0 spiro atoms. The molecular formula is C26H29B2FN4O10. The van der Waals surface area contributed by atoms with E-state index in [-0.39, 0.29) is 28.3 Å². The maximum atomic E-state index is 15.5. The molecule has 0 saturated carbocycles. The number of phenolic OH excluding ortho intramolecular Hbond substituents is 2. The fraction of sp³-hybridized carbons (Fsp3) is 0.423. The molecule has 0 aromatic heterocycles. The number of phenols is 2. The number of ether oxygens (including phenoxy) is 1. The van der Waals surface area contributed by atoms with E-state index in [2.05, 4.69) is 5.32 Å². The number of likely N-dealkylation sites (N-methyl/N-ethyl adjacent to an activating group) is 1. The molecule has 2 atom stereocenters. The lowest BCUT2D eigenvalue weighted by molar-refractivity contribution is -0.337. The summed E-state index contributed by atoms with van der Waals surface area (Å²) in [4.78, 5) is 39.7. The average molecular weight is 598 g/mol. The van der Waals surface area contributed by atoms with E-state index < -0.39 is 70.0 Å². The molecule has 1 fully saturated rings. The fourth-order valence-corrected chi connectivity index (χ4v) is 5.09. The van der Waals surface area contributed by atoms with Gasteiger partial charge in [0.25, 0.3) is 17.5 Å². The van der Waals surface area contributed by atoms with E-state index in [0.717, 1.165) is 7.05 Å². The average Bonchev–Trinajstić information content (AvgIpc) is 3.34. The topological polar surface area (TPSA) is 212 Å². The van der Waals surface area contributed by atoms with Crippen LogP contribution in [-0.4, -0.2) is 125 Å². The van der Waals surface area contributed by atoms with Gasteiger partial charge in [0, 0.05) is 55.6 Å². The first-order chi connectivity index (χ1) is 20.1. The van der Waals surface area contributed by atoms with Gasteiger partial charge < -0.3 is 50.8 Å². The molecule has 2 aliphatic heterocycles. The van der Waals surface area contributed by atoms with Crippen molar-refractivity contribution >= 4 is 44.9 Å². The van der Waals surface area contributed by atoms with Gasteiger partial charge in [0.15, 0.2) is 11.5 Å². The smallest absolute Gasteiger partial charge is 0.279 e. The number of hydrogen-bond acceptors (Lipinski definition) is 12. The number of amides is 2. The van der Waals surface area contributed by atoms with Crippen LogP contribution < -0.4 is 16.1 Å². The molecule has 14 nitrogen and oxygen atoms in total. The summed E-state index contributed by atoms with van der Waals surface area (Å²) in [5.41, 5.74) is -8.68. The fourth-order valence-electron chi connectivity index (χ4n) is 5.09. The van der Waals surface area contributed by atoms with Crippen molar-refractivity contribution in [1.29, 1.82) is 0 Å². The number of benzene rings is 2. The summed E-state index contributed by atoms with van der Waals surface area (Å²) >= 11 is 0. The Balaban J connectivity index is 1.72. The van der Waals surface area contributed by atoms with Gasteiger partial charge in [-0.3, -0.25) is 19.4 Å². The minimum absolute atomic E-state index is 0.102. The molecule has 2 aliphatic rings. The number of carbonyl (C=O) groups excluding carboxylic acids is 3. The highest BCUT2D eigenvalue weighted by atomic mass is 19.1. The summed E-state index contributed by atoms with van der Waals surface area (Å²) in [6, 6.07) is 4.74. The molecule has 43 heavy (non-hydrogen) atoms. The van der Waals surface area contributed by atoms with Gasteiger partial charge >= 0.3 is 0 Å². The maximum Gasteiger partial charge on any atom is 0.279 e. The Morgan fingerprint density at radius 2 is 1.77 bits per heavy atom. The number of rotatable bonds is 10. The zero-order chi connectivity index (χ0) is 31.9. The van der Waals surface area contributed by atoms with Crippen molar-refractivity contribution in [3.63, 3.8) is 0 Å². The number of nitrogens with one attached hydrogen (secondary N) is 2. The molecule has 4 radical (unpaired) electrons. The minimum Gasteiger partial charge on any atom is -0.505 e. The first kappa shape index (κ1) is 32.2. The van der Waals surface area contributed by atoms with Gasteiger partial charge in [-0.1, -0.05) is 18.2 Å². The van der Waals surface area contributed by atoms with E-state index in [0.29, 0.717) is 38.4 Å². The summed E-state index contributed by atoms with van der Waals surface area (Å²) in [6.07, 6.45) is -0.579. The van der Waals surface area contributed by atoms with Crippen LogP contribution in [0.4, 0.5) is 10.1 Å². The van der Waals surface area contributed by atoms with Crippen molar-refractivity contribution in [3.8, 4) is 11.5 Å². The van der Waals surface area contributed by atoms with E-state index in [9.17, 15) is 45.0 Å². The first-order valence-corrected chi connectivity index (χ1v) is 13.0. The highest BCUT2D eigenvalue weighted by Crippen LogP contribution is 2.44. The van der Waals surface area contributed by atoms with Crippen LogP contribution >= 0.6 is 0 Å².